The van der Waals surface area contributed by atoms with Crippen LogP contribution in [0.15, 0.2) is 18.2 Å². The maximum absolute atomic E-state index is 13.4. The van der Waals surface area contributed by atoms with Crippen LogP contribution in [0.5, 0.6) is 0 Å². The molecule has 1 saturated heterocycles. The number of aromatic amines is 1. The highest BCUT2D eigenvalue weighted by atomic mass is 35.5. The van der Waals surface area contributed by atoms with E-state index in [1.54, 1.807) is 19.1 Å². The van der Waals surface area contributed by atoms with E-state index in [0.717, 1.165) is 16.6 Å². The van der Waals surface area contributed by atoms with Gasteiger partial charge in [0.1, 0.15) is 6.07 Å². The number of hydrogen-bond donors (Lipinski definition) is 1. The molecule has 4 heterocycles. The molecular weight excluding hydrogens is 493 g/mol. The zero-order valence-corrected chi connectivity index (χ0v) is 20.5. The number of alkyl halides is 3. The minimum absolute atomic E-state index is 0.0569. The van der Waals surface area contributed by atoms with E-state index >= 15 is 0 Å². The number of amides is 1. The van der Waals surface area contributed by atoms with Crippen molar-refractivity contribution >= 4 is 34.1 Å². The van der Waals surface area contributed by atoms with Crippen LogP contribution in [0.3, 0.4) is 0 Å². The number of nitriles is 1. The predicted octanol–water partition coefficient (Wildman–Crippen LogP) is 4.86. The smallest absolute Gasteiger partial charge is 0.370 e. The third-order valence-electron chi connectivity index (χ3n) is 7.26. The van der Waals surface area contributed by atoms with Crippen LogP contribution in [0.25, 0.3) is 10.9 Å². The number of fused-ring (bicyclic) bond motifs is 2. The van der Waals surface area contributed by atoms with E-state index in [0.29, 0.717) is 54.4 Å². The van der Waals surface area contributed by atoms with E-state index in [9.17, 15) is 23.2 Å². The van der Waals surface area contributed by atoms with Crippen molar-refractivity contribution in [1.82, 2.24) is 20.1 Å². The number of pyridine rings is 1. The Morgan fingerprint density at radius 2 is 2.08 bits per heavy atom. The van der Waals surface area contributed by atoms with E-state index in [-0.39, 0.29) is 29.9 Å². The lowest BCUT2D eigenvalue weighted by Gasteiger charge is -2.41. The minimum atomic E-state index is -4.57. The number of hydrogen-bond acceptors (Lipinski definition) is 5. The first-order chi connectivity index (χ1) is 17.1. The van der Waals surface area contributed by atoms with Gasteiger partial charge in [-0.15, -0.1) is 0 Å². The molecule has 0 spiro atoms. The quantitative estimate of drug-likeness (QED) is 0.525. The number of halogens is 4. The van der Waals surface area contributed by atoms with Crippen molar-refractivity contribution < 1.29 is 18.0 Å². The first-order valence-electron chi connectivity index (χ1n) is 11.8. The van der Waals surface area contributed by atoms with Gasteiger partial charge in [0.05, 0.1) is 22.5 Å². The lowest BCUT2D eigenvalue weighted by molar-refractivity contribution is -0.144. The Bertz CT molecular complexity index is 1400. The third-order valence-corrected chi connectivity index (χ3v) is 7.50. The number of aromatic nitrogens is 3. The van der Waals surface area contributed by atoms with Gasteiger partial charge in [0, 0.05) is 60.2 Å². The second-order valence-corrected chi connectivity index (χ2v) is 9.99. The third kappa shape index (κ3) is 4.15. The van der Waals surface area contributed by atoms with E-state index in [1.165, 1.54) is 4.90 Å². The van der Waals surface area contributed by atoms with Crippen LogP contribution in [0.4, 0.5) is 18.9 Å². The molecule has 1 fully saturated rings. The van der Waals surface area contributed by atoms with Crippen LogP contribution in [0.1, 0.15) is 41.6 Å². The second-order valence-electron chi connectivity index (χ2n) is 9.55. The predicted molar refractivity (Wildman–Crippen MR) is 128 cm³/mol. The molecule has 5 rings (SSSR count). The molecule has 188 valence electrons. The highest BCUT2D eigenvalue weighted by Crippen LogP contribution is 2.38. The molecule has 1 N–H and O–H groups in total. The summed E-state index contributed by atoms with van der Waals surface area (Å²) in [4.78, 5) is 21.6. The Hall–Kier alpha value is -3.32. The number of anilines is 1. The maximum atomic E-state index is 13.4. The zero-order valence-electron chi connectivity index (χ0n) is 19.8. The lowest BCUT2D eigenvalue weighted by Crippen LogP contribution is -2.48. The molecule has 0 aliphatic carbocycles. The normalized spacial score (nSPS) is 20.4. The van der Waals surface area contributed by atoms with Gasteiger partial charge in [-0.05, 0) is 37.5 Å². The Balaban J connectivity index is 1.38. The summed E-state index contributed by atoms with van der Waals surface area (Å²) in [6, 6.07) is 7.66. The van der Waals surface area contributed by atoms with E-state index in [4.69, 9.17) is 11.6 Å². The standard InChI is InChI=1S/C25H24ClF3N6O/c1-13-11-34(22-17-9-15(26)3-4-20(17)31-14(2)18(22)10-30)7-5-16(13)24(36)35-8-6-21-19(12-35)23(33-32-21)25(27,28)29/h3-4,9,13,16H,5-8,11-12H2,1-2H3,(H,32,33). The van der Waals surface area contributed by atoms with Crippen molar-refractivity contribution in [3.8, 4) is 6.07 Å². The molecule has 11 heteroatoms. The number of H-pyrrole nitrogens is 1. The molecule has 36 heavy (non-hydrogen) atoms. The molecule has 1 aromatic carbocycles. The number of carbonyl (C=O) groups excluding carboxylic acids is 1. The first kappa shape index (κ1) is 24.4. The van der Waals surface area contributed by atoms with Crippen LogP contribution in [0, 0.1) is 30.1 Å². The van der Waals surface area contributed by atoms with Crippen molar-refractivity contribution in [3.63, 3.8) is 0 Å². The summed E-state index contributed by atoms with van der Waals surface area (Å²) in [7, 11) is 0. The van der Waals surface area contributed by atoms with E-state index in [2.05, 4.69) is 26.2 Å². The van der Waals surface area contributed by atoms with Gasteiger partial charge >= 0.3 is 6.18 Å². The summed E-state index contributed by atoms with van der Waals surface area (Å²) < 4.78 is 40.1. The molecule has 0 radical (unpaired) electrons. The minimum Gasteiger partial charge on any atom is -0.370 e. The van der Waals surface area contributed by atoms with Gasteiger partial charge in [0.2, 0.25) is 5.91 Å². The second kappa shape index (κ2) is 8.96. The fourth-order valence-electron chi connectivity index (χ4n) is 5.47. The molecule has 2 aliphatic rings. The maximum Gasteiger partial charge on any atom is 0.435 e. The molecule has 0 saturated carbocycles. The fraction of sp³-hybridized carbons (Fsp3) is 0.440. The highest BCUT2D eigenvalue weighted by molar-refractivity contribution is 6.31. The topological polar surface area (TPSA) is 88.9 Å². The van der Waals surface area contributed by atoms with Crippen LogP contribution in [-0.4, -0.2) is 45.6 Å². The number of carbonyl (C=O) groups is 1. The Kier molecular flexibility index (Phi) is 6.07. The van der Waals surface area contributed by atoms with Crippen LogP contribution < -0.4 is 4.90 Å². The van der Waals surface area contributed by atoms with Crippen LogP contribution in [0.2, 0.25) is 5.02 Å². The van der Waals surface area contributed by atoms with Crippen LogP contribution >= 0.6 is 11.6 Å². The largest absolute Gasteiger partial charge is 0.435 e. The highest BCUT2D eigenvalue weighted by Gasteiger charge is 2.41. The number of nitrogens with one attached hydrogen (secondary N) is 1. The molecule has 2 aromatic heterocycles. The molecule has 2 atom stereocenters. The van der Waals surface area contributed by atoms with Gasteiger partial charge in [-0.1, -0.05) is 18.5 Å². The number of aryl methyl sites for hydroxylation is 1. The lowest BCUT2D eigenvalue weighted by atomic mass is 9.84. The number of benzene rings is 1. The fourth-order valence-corrected chi connectivity index (χ4v) is 5.64. The number of nitrogens with zero attached hydrogens (tertiary/aromatic N) is 5. The average Bonchev–Trinajstić information content (AvgIpc) is 3.27. The summed E-state index contributed by atoms with van der Waals surface area (Å²) in [5.41, 5.74) is 2.15. The average molecular weight is 517 g/mol. The van der Waals surface area contributed by atoms with Gasteiger partial charge in [-0.3, -0.25) is 14.9 Å². The summed E-state index contributed by atoms with van der Waals surface area (Å²) in [6.07, 6.45) is -3.73. The SMILES string of the molecule is Cc1nc2ccc(Cl)cc2c(N2CCC(C(=O)N3CCc4[nH]nc(C(F)(F)F)c4C3)C(C)C2)c1C#N. The number of rotatable bonds is 2. The van der Waals surface area contributed by atoms with Crippen molar-refractivity contribution in [2.24, 2.45) is 11.8 Å². The van der Waals surface area contributed by atoms with Gasteiger partial charge in [0.25, 0.3) is 0 Å². The molecule has 7 nitrogen and oxygen atoms in total. The monoisotopic (exact) mass is 516 g/mol. The zero-order chi connectivity index (χ0) is 25.8. The van der Waals surface area contributed by atoms with Crippen LogP contribution in [-0.2, 0) is 23.9 Å². The molecular formula is C25H24ClF3N6O. The molecule has 3 aromatic rings. The first-order valence-corrected chi connectivity index (χ1v) is 12.1. The Morgan fingerprint density at radius 1 is 1.31 bits per heavy atom. The molecule has 2 unspecified atom stereocenters. The van der Waals surface area contributed by atoms with Gasteiger partial charge in [-0.25, -0.2) is 0 Å². The molecule has 1 amide bonds. The van der Waals surface area contributed by atoms with Gasteiger partial charge < -0.3 is 9.80 Å². The molecule has 2 aliphatic heterocycles. The van der Waals surface area contributed by atoms with Crippen molar-refractivity contribution in [2.75, 3.05) is 24.5 Å². The summed E-state index contributed by atoms with van der Waals surface area (Å²) in [5, 5.41) is 17.1. The van der Waals surface area contributed by atoms with E-state index in [1.807, 2.05) is 13.0 Å². The van der Waals surface area contributed by atoms with Gasteiger partial charge in [-0.2, -0.15) is 23.5 Å². The van der Waals surface area contributed by atoms with E-state index < -0.39 is 11.9 Å². The Labute approximate surface area is 210 Å². The Morgan fingerprint density at radius 3 is 2.78 bits per heavy atom. The summed E-state index contributed by atoms with van der Waals surface area (Å²) in [6.45, 7) is 5.07. The van der Waals surface area contributed by atoms with Crippen molar-refractivity contribution in [2.45, 2.75) is 39.4 Å². The number of piperidine rings is 1. The summed E-state index contributed by atoms with van der Waals surface area (Å²) in [5.74, 6) is -0.540. The summed E-state index contributed by atoms with van der Waals surface area (Å²) >= 11 is 6.25. The van der Waals surface area contributed by atoms with Gasteiger partial charge in [0.15, 0.2) is 5.69 Å². The van der Waals surface area contributed by atoms with Crippen molar-refractivity contribution in [1.29, 1.82) is 5.26 Å². The van der Waals surface area contributed by atoms with Crippen molar-refractivity contribution in [3.05, 3.63) is 51.4 Å². The molecule has 0 bridgehead atoms.